The maximum Gasteiger partial charge on any atom is 0.417 e. The highest BCUT2D eigenvalue weighted by atomic mass is 19.4. The highest BCUT2D eigenvalue weighted by Gasteiger charge is 2.33. The van der Waals surface area contributed by atoms with Crippen molar-refractivity contribution >= 4 is 16.9 Å². The molecule has 86 valence electrons. The zero-order valence-electron chi connectivity index (χ0n) is 8.42. The fourth-order valence-corrected chi connectivity index (χ4v) is 1.45. The summed E-state index contributed by atoms with van der Waals surface area (Å²) in [4.78, 5) is 7.41. The molecule has 0 unspecified atom stereocenters. The quantitative estimate of drug-likeness (QED) is 0.715. The molecule has 0 fully saturated rings. The topological polar surface area (TPSA) is 51.8 Å². The fraction of sp³-hybridized carbons (Fsp3) is 0.0909. The zero-order chi connectivity index (χ0) is 12.6. The molecule has 0 radical (unpaired) electrons. The first-order chi connectivity index (χ1) is 7.91. The summed E-state index contributed by atoms with van der Waals surface area (Å²) < 4.78 is 38.1. The number of aromatic nitrogens is 2. The summed E-state index contributed by atoms with van der Waals surface area (Å²) in [6.07, 6.45) is 1.87. The van der Waals surface area contributed by atoms with Crippen LogP contribution in [0.15, 0.2) is 18.3 Å². The van der Waals surface area contributed by atoms with Gasteiger partial charge < -0.3 is 5.73 Å². The lowest BCUT2D eigenvalue weighted by molar-refractivity contribution is -0.137. The van der Waals surface area contributed by atoms with Crippen LogP contribution in [0.5, 0.6) is 0 Å². The Balaban J connectivity index is 2.80. The molecule has 2 N–H and O–H groups in total. The van der Waals surface area contributed by atoms with E-state index in [1.165, 1.54) is 12.3 Å². The molecule has 0 atom stereocenters. The third-order valence-corrected chi connectivity index (χ3v) is 2.20. The van der Waals surface area contributed by atoms with Crippen molar-refractivity contribution in [2.24, 2.45) is 0 Å². The molecule has 1 heterocycles. The predicted octanol–water partition coefficient (Wildman–Crippen LogP) is 2.21. The summed E-state index contributed by atoms with van der Waals surface area (Å²) in [6, 6.07) is 2.10. The summed E-state index contributed by atoms with van der Waals surface area (Å²) in [5, 5.41) is 0.417. The molecule has 6 heteroatoms. The van der Waals surface area contributed by atoms with Gasteiger partial charge in [0.2, 0.25) is 5.95 Å². The molecule has 1 aromatic carbocycles. The summed E-state index contributed by atoms with van der Waals surface area (Å²) in [6.45, 7) is 0. The molecule has 3 nitrogen and oxygen atoms in total. The minimum Gasteiger partial charge on any atom is -0.368 e. The SMILES string of the molecule is C#Cc1cc2cnc(N)nc2cc1C(F)(F)F. The third-order valence-electron chi connectivity index (χ3n) is 2.20. The van der Waals surface area contributed by atoms with E-state index in [-0.39, 0.29) is 17.0 Å². The molecule has 0 saturated carbocycles. The molecular formula is C11H6F3N3. The Labute approximate surface area is 94.5 Å². The molecule has 0 amide bonds. The number of rotatable bonds is 0. The Morgan fingerprint density at radius 1 is 1.29 bits per heavy atom. The van der Waals surface area contributed by atoms with Crippen LogP contribution in [0.3, 0.4) is 0 Å². The number of nitrogens with zero attached hydrogens (tertiary/aromatic N) is 2. The first-order valence-corrected chi connectivity index (χ1v) is 4.52. The van der Waals surface area contributed by atoms with Gasteiger partial charge in [-0.1, -0.05) is 5.92 Å². The molecule has 0 aliphatic carbocycles. The minimum absolute atomic E-state index is 0.0842. The van der Waals surface area contributed by atoms with Gasteiger partial charge >= 0.3 is 6.18 Å². The highest BCUT2D eigenvalue weighted by molar-refractivity contribution is 5.81. The van der Waals surface area contributed by atoms with Gasteiger partial charge in [0.15, 0.2) is 0 Å². The smallest absolute Gasteiger partial charge is 0.368 e. The van der Waals surface area contributed by atoms with E-state index >= 15 is 0 Å². The maximum atomic E-state index is 12.7. The van der Waals surface area contributed by atoms with Gasteiger partial charge in [0.25, 0.3) is 0 Å². The van der Waals surface area contributed by atoms with Gasteiger partial charge in [-0.25, -0.2) is 9.97 Å². The van der Waals surface area contributed by atoms with Crippen molar-refractivity contribution in [2.75, 3.05) is 5.73 Å². The monoisotopic (exact) mass is 237 g/mol. The second kappa shape index (κ2) is 3.63. The standard InChI is InChI=1S/C11H6F3N3/c1-2-6-3-7-5-16-10(15)17-9(7)4-8(6)11(12,13)14/h1,3-5H,(H2,15,16,17). The van der Waals surface area contributed by atoms with Crippen molar-refractivity contribution in [2.45, 2.75) is 6.18 Å². The molecule has 0 bridgehead atoms. The second-order valence-electron chi connectivity index (χ2n) is 3.33. The minimum atomic E-state index is -4.52. The van der Waals surface area contributed by atoms with E-state index in [1.807, 2.05) is 5.92 Å². The molecular weight excluding hydrogens is 231 g/mol. The van der Waals surface area contributed by atoms with Crippen LogP contribution in [0.4, 0.5) is 19.1 Å². The van der Waals surface area contributed by atoms with Crippen molar-refractivity contribution in [3.8, 4) is 12.3 Å². The van der Waals surface area contributed by atoms with Crippen molar-refractivity contribution in [1.82, 2.24) is 9.97 Å². The number of halogens is 3. The molecule has 0 aliphatic rings. The van der Waals surface area contributed by atoms with Crippen molar-refractivity contribution in [3.63, 3.8) is 0 Å². The second-order valence-corrected chi connectivity index (χ2v) is 3.33. The van der Waals surface area contributed by atoms with Gasteiger partial charge in [-0.15, -0.1) is 6.42 Å². The van der Waals surface area contributed by atoms with Crippen LogP contribution < -0.4 is 5.73 Å². The Morgan fingerprint density at radius 3 is 2.59 bits per heavy atom. The lowest BCUT2D eigenvalue weighted by atomic mass is 10.0. The highest BCUT2D eigenvalue weighted by Crippen LogP contribution is 2.33. The summed E-state index contributed by atoms with van der Waals surface area (Å²) in [5.74, 6) is 1.92. The molecule has 0 saturated heterocycles. The molecule has 1 aromatic heterocycles. The predicted molar refractivity (Wildman–Crippen MR) is 56.9 cm³/mol. The van der Waals surface area contributed by atoms with Crippen LogP contribution in [0.2, 0.25) is 0 Å². The number of nitrogen functional groups attached to an aromatic ring is 1. The van der Waals surface area contributed by atoms with E-state index < -0.39 is 11.7 Å². The molecule has 17 heavy (non-hydrogen) atoms. The lowest BCUT2D eigenvalue weighted by Crippen LogP contribution is -2.08. The van der Waals surface area contributed by atoms with Crippen LogP contribution in [0, 0.1) is 12.3 Å². The normalized spacial score (nSPS) is 11.4. The third kappa shape index (κ3) is 1.99. The number of hydrogen-bond acceptors (Lipinski definition) is 3. The lowest BCUT2D eigenvalue weighted by Gasteiger charge is -2.10. The number of fused-ring (bicyclic) bond motifs is 1. The average Bonchev–Trinajstić information content (AvgIpc) is 2.26. The van der Waals surface area contributed by atoms with Gasteiger partial charge in [-0.05, 0) is 12.1 Å². The molecule has 2 rings (SSSR count). The largest absolute Gasteiger partial charge is 0.417 e. The average molecular weight is 237 g/mol. The van der Waals surface area contributed by atoms with E-state index in [4.69, 9.17) is 12.2 Å². The van der Waals surface area contributed by atoms with Crippen LogP contribution in [-0.4, -0.2) is 9.97 Å². The van der Waals surface area contributed by atoms with Gasteiger partial charge in [-0.2, -0.15) is 13.2 Å². The Morgan fingerprint density at radius 2 is 2.00 bits per heavy atom. The van der Waals surface area contributed by atoms with Crippen LogP contribution >= 0.6 is 0 Å². The number of nitrogens with two attached hydrogens (primary N) is 1. The number of alkyl halides is 3. The van der Waals surface area contributed by atoms with Gasteiger partial charge in [0, 0.05) is 17.1 Å². The first kappa shape index (κ1) is 11.2. The Hall–Kier alpha value is -2.29. The summed E-state index contributed by atoms with van der Waals surface area (Å²) >= 11 is 0. The van der Waals surface area contributed by atoms with Crippen molar-refractivity contribution < 1.29 is 13.2 Å². The molecule has 0 spiro atoms. The van der Waals surface area contributed by atoms with Gasteiger partial charge in [0.05, 0.1) is 11.1 Å². The van der Waals surface area contributed by atoms with E-state index in [9.17, 15) is 13.2 Å². The van der Waals surface area contributed by atoms with Crippen molar-refractivity contribution in [3.05, 3.63) is 29.5 Å². The van der Waals surface area contributed by atoms with Crippen LogP contribution in [-0.2, 0) is 6.18 Å². The Kier molecular flexibility index (Phi) is 2.39. The van der Waals surface area contributed by atoms with E-state index in [0.717, 1.165) is 6.07 Å². The van der Waals surface area contributed by atoms with Crippen LogP contribution in [0.25, 0.3) is 10.9 Å². The summed E-state index contributed by atoms with van der Waals surface area (Å²) in [7, 11) is 0. The van der Waals surface area contributed by atoms with Gasteiger partial charge in [0.1, 0.15) is 0 Å². The van der Waals surface area contributed by atoms with Gasteiger partial charge in [-0.3, -0.25) is 0 Å². The number of hydrogen-bond donors (Lipinski definition) is 1. The van der Waals surface area contributed by atoms with E-state index in [2.05, 4.69) is 9.97 Å². The molecule has 2 aromatic rings. The Bertz CT molecular complexity index is 626. The first-order valence-electron chi connectivity index (χ1n) is 4.52. The number of terminal acetylenes is 1. The summed E-state index contributed by atoms with van der Waals surface area (Å²) in [5.41, 5.74) is 4.29. The fourth-order valence-electron chi connectivity index (χ4n) is 1.45. The number of benzene rings is 1. The van der Waals surface area contributed by atoms with Crippen molar-refractivity contribution in [1.29, 1.82) is 0 Å². The maximum absolute atomic E-state index is 12.7. The van der Waals surface area contributed by atoms with E-state index in [1.54, 1.807) is 0 Å². The molecule has 0 aliphatic heterocycles. The zero-order valence-corrected chi connectivity index (χ0v) is 8.42. The van der Waals surface area contributed by atoms with Crippen LogP contribution in [0.1, 0.15) is 11.1 Å². The van der Waals surface area contributed by atoms with E-state index in [0.29, 0.717) is 5.39 Å². The number of anilines is 1.